The van der Waals surface area contributed by atoms with Crippen LogP contribution in [0.5, 0.6) is 0 Å². The number of hydrogen-bond donors (Lipinski definition) is 1. The lowest BCUT2D eigenvalue weighted by molar-refractivity contribution is 0.514. The molecule has 0 aliphatic heterocycles. The van der Waals surface area contributed by atoms with Gasteiger partial charge in [0.2, 0.25) is 0 Å². The summed E-state index contributed by atoms with van der Waals surface area (Å²) in [5, 5.41) is 3.66. The highest BCUT2D eigenvalue weighted by molar-refractivity contribution is 5.29. The number of benzene rings is 2. The van der Waals surface area contributed by atoms with Crippen molar-refractivity contribution in [2.75, 3.05) is 0 Å². The van der Waals surface area contributed by atoms with Crippen LogP contribution in [-0.4, -0.2) is 6.04 Å². The third-order valence-corrected chi connectivity index (χ3v) is 4.36. The Hall–Kier alpha value is -1.60. The predicted molar refractivity (Wildman–Crippen MR) is 89.5 cm³/mol. The highest BCUT2D eigenvalue weighted by Gasteiger charge is 2.23. The summed E-state index contributed by atoms with van der Waals surface area (Å²) in [4.78, 5) is 0. The third kappa shape index (κ3) is 4.44. The second-order valence-electron chi connectivity index (χ2n) is 6.33. The fourth-order valence-electron chi connectivity index (χ4n) is 2.80. The van der Waals surface area contributed by atoms with Gasteiger partial charge >= 0.3 is 0 Å². The molecule has 0 spiro atoms. The van der Waals surface area contributed by atoms with Gasteiger partial charge in [0.25, 0.3) is 0 Å². The van der Waals surface area contributed by atoms with Crippen molar-refractivity contribution in [1.82, 2.24) is 5.32 Å². The van der Waals surface area contributed by atoms with Crippen molar-refractivity contribution in [1.29, 1.82) is 0 Å². The zero-order valence-electron chi connectivity index (χ0n) is 12.9. The minimum absolute atomic E-state index is 0.551. The Morgan fingerprint density at radius 1 is 1.00 bits per heavy atom. The van der Waals surface area contributed by atoms with Crippen LogP contribution in [0.4, 0.5) is 0 Å². The van der Waals surface area contributed by atoms with E-state index in [2.05, 4.69) is 66.8 Å². The molecule has 110 valence electrons. The van der Waals surface area contributed by atoms with Crippen LogP contribution in [0.15, 0.2) is 54.6 Å². The van der Waals surface area contributed by atoms with E-state index >= 15 is 0 Å². The summed E-state index contributed by atoms with van der Waals surface area (Å²) in [7, 11) is 0. The first-order chi connectivity index (χ1) is 10.3. The lowest BCUT2D eigenvalue weighted by Gasteiger charge is -2.14. The third-order valence-electron chi connectivity index (χ3n) is 4.36. The number of nitrogens with one attached hydrogen (secondary N) is 1. The quantitative estimate of drug-likeness (QED) is 0.776. The second-order valence-corrected chi connectivity index (χ2v) is 6.33. The van der Waals surface area contributed by atoms with Gasteiger partial charge in [-0.2, -0.15) is 0 Å². The molecule has 0 saturated heterocycles. The largest absolute Gasteiger partial charge is 0.310 e. The normalized spacial score (nSPS) is 15.9. The van der Waals surface area contributed by atoms with Crippen molar-refractivity contribution in [3.8, 4) is 0 Å². The summed E-state index contributed by atoms with van der Waals surface area (Å²) in [6, 6.07) is 20.4. The molecule has 1 saturated carbocycles. The molecule has 1 heteroatoms. The SMILES string of the molecule is CC(CCc1ccccc1)NCc1cccc(C2CC2)c1. The molecule has 0 amide bonds. The highest BCUT2D eigenvalue weighted by atomic mass is 14.9. The summed E-state index contributed by atoms with van der Waals surface area (Å²) in [5.41, 5.74) is 4.39. The van der Waals surface area contributed by atoms with Crippen molar-refractivity contribution in [2.24, 2.45) is 0 Å². The summed E-state index contributed by atoms with van der Waals surface area (Å²) in [6.45, 7) is 3.27. The molecule has 0 heterocycles. The van der Waals surface area contributed by atoms with Crippen molar-refractivity contribution < 1.29 is 0 Å². The van der Waals surface area contributed by atoms with Crippen molar-refractivity contribution >= 4 is 0 Å². The maximum absolute atomic E-state index is 3.66. The molecule has 21 heavy (non-hydrogen) atoms. The lowest BCUT2D eigenvalue weighted by atomic mass is 10.0. The van der Waals surface area contributed by atoms with Crippen molar-refractivity contribution in [3.63, 3.8) is 0 Å². The second kappa shape index (κ2) is 6.91. The minimum atomic E-state index is 0.551. The van der Waals surface area contributed by atoms with Crippen LogP contribution >= 0.6 is 0 Å². The Bertz CT molecular complexity index is 557. The van der Waals surface area contributed by atoms with E-state index in [9.17, 15) is 0 Å². The van der Waals surface area contributed by atoms with E-state index in [1.807, 2.05) is 0 Å². The van der Waals surface area contributed by atoms with E-state index in [4.69, 9.17) is 0 Å². The number of hydrogen-bond acceptors (Lipinski definition) is 1. The average Bonchev–Trinajstić information content (AvgIpc) is 3.37. The fourth-order valence-corrected chi connectivity index (χ4v) is 2.80. The fraction of sp³-hybridized carbons (Fsp3) is 0.400. The van der Waals surface area contributed by atoms with Crippen LogP contribution in [0.3, 0.4) is 0 Å². The predicted octanol–water partition coefficient (Wildman–Crippen LogP) is 4.67. The van der Waals surface area contributed by atoms with Gasteiger partial charge in [-0.15, -0.1) is 0 Å². The van der Waals surface area contributed by atoms with Gasteiger partial charge in [0.1, 0.15) is 0 Å². The monoisotopic (exact) mass is 279 g/mol. The van der Waals surface area contributed by atoms with Crippen LogP contribution in [0.1, 0.15) is 48.8 Å². The van der Waals surface area contributed by atoms with E-state index in [-0.39, 0.29) is 0 Å². The van der Waals surface area contributed by atoms with Crippen LogP contribution in [-0.2, 0) is 13.0 Å². The standard InChI is InChI=1S/C20H25N/c1-16(10-11-17-6-3-2-4-7-17)21-15-18-8-5-9-20(14-18)19-12-13-19/h2-9,14,16,19,21H,10-13,15H2,1H3. The maximum atomic E-state index is 3.66. The molecule has 1 N–H and O–H groups in total. The van der Waals surface area contributed by atoms with Crippen molar-refractivity contribution in [3.05, 3.63) is 71.3 Å². The summed E-state index contributed by atoms with van der Waals surface area (Å²) >= 11 is 0. The van der Waals surface area contributed by atoms with Gasteiger partial charge in [-0.05, 0) is 55.2 Å². The molecule has 0 aromatic heterocycles. The molecule has 3 rings (SSSR count). The van der Waals surface area contributed by atoms with Gasteiger partial charge < -0.3 is 5.32 Å². The minimum Gasteiger partial charge on any atom is -0.310 e. The molecular formula is C20H25N. The topological polar surface area (TPSA) is 12.0 Å². The highest BCUT2D eigenvalue weighted by Crippen LogP contribution is 2.40. The van der Waals surface area contributed by atoms with Gasteiger partial charge in [0, 0.05) is 12.6 Å². The van der Waals surface area contributed by atoms with Gasteiger partial charge in [-0.1, -0.05) is 54.6 Å². The molecule has 1 fully saturated rings. The Kier molecular flexibility index (Phi) is 4.72. The summed E-state index contributed by atoms with van der Waals surface area (Å²) in [6.07, 6.45) is 5.10. The molecule has 1 aliphatic carbocycles. The van der Waals surface area contributed by atoms with E-state index in [1.165, 1.54) is 36.0 Å². The molecule has 2 aromatic carbocycles. The first-order valence-electron chi connectivity index (χ1n) is 8.17. The van der Waals surface area contributed by atoms with E-state index < -0.39 is 0 Å². The van der Waals surface area contributed by atoms with Gasteiger partial charge in [-0.3, -0.25) is 0 Å². The first kappa shape index (κ1) is 14.3. The van der Waals surface area contributed by atoms with Crippen LogP contribution in [0.2, 0.25) is 0 Å². The Labute approximate surface area is 128 Å². The molecule has 0 bridgehead atoms. The molecule has 0 radical (unpaired) electrons. The van der Waals surface area contributed by atoms with Gasteiger partial charge in [0.05, 0.1) is 0 Å². The van der Waals surface area contributed by atoms with Crippen molar-refractivity contribution in [2.45, 2.75) is 51.1 Å². The average molecular weight is 279 g/mol. The van der Waals surface area contributed by atoms with Crippen LogP contribution < -0.4 is 5.32 Å². The lowest BCUT2D eigenvalue weighted by Crippen LogP contribution is -2.26. The Morgan fingerprint density at radius 2 is 1.76 bits per heavy atom. The zero-order chi connectivity index (χ0) is 14.5. The zero-order valence-corrected chi connectivity index (χ0v) is 12.9. The van der Waals surface area contributed by atoms with Crippen LogP contribution in [0, 0.1) is 0 Å². The Morgan fingerprint density at radius 3 is 2.52 bits per heavy atom. The molecule has 1 nitrogen and oxygen atoms in total. The van der Waals surface area contributed by atoms with Gasteiger partial charge in [0.15, 0.2) is 0 Å². The Balaban J connectivity index is 1.45. The van der Waals surface area contributed by atoms with Gasteiger partial charge in [-0.25, -0.2) is 0 Å². The van der Waals surface area contributed by atoms with E-state index in [0.717, 1.165) is 18.9 Å². The number of rotatable bonds is 7. The van der Waals surface area contributed by atoms with E-state index in [0.29, 0.717) is 6.04 Å². The molecule has 1 atom stereocenters. The first-order valence-corrected chi connectivity index (χ1v) is 8.17. The smallest absolute Gasteiger partial charge is 0.0208 e. The summed E-state index contributed by atoms with van der Waals surface area (Å²) in [5.74, 6) is 0.848. The molecular weight excluding hydrogens is 254 g/mol. The molecule has 2 aromatic rings. The van der Waals surface area contributed by atoms with Crippen LogP contribution in [0.25, 0.3) is 0 Å². The number of aryl methyl sites for hydroxylation is 1. The molecule has 1 aliphatic rings. The maximum Gasteiger partial charge on any atom is 0.0208 e. The summed E-state index contributed by atoms with van der Waals surface area (Å²) < 4.78 is 0. The molecule has 1 unspecified atom stereocenters. The van der Waals surface area contributed by atoms with E-state index in [1.54, 1.807) is 0 Å².